The lowest BCUT2D eigenvalue weighted by Gasteiger charge is -2.60. The molecule has 4 aliphatic rings. The second kappa shape index (κ2) is 7.62. The van der Waals surface area contributed by atoms with Crippen molar-refractivity contribution in [1.82, 2.24) is 19.7 Å². The van der Waals surface area contributed by atoms with Crippen LogP contribution in [0.2, 0.25) is 5.02 Å². The predicted octanol–water partition coefficient (Wildman–Crippen LogP) is 4.56. The van der Waals surface area contributed by atoms with E-state index in [0.29, 0.717) is 12.3 Å². The normalized spacial score (nSPS) is 29.9. The number of benzene rings is 1. The molecule has 4 fully saturated rings. The molecule has 0 aliphatic heterocycles. The Morgan fingerprint density at radius 1 is 1.17 bits per heavy atom. The minimum atomic E-state index is 0.0336. The Hall–Kier alpha value is -1.53. The van der Waals surface area contributed by atoms with Crippen molar-refractivity contribution in [3.8, 4) is 0 Å². The molecule has 4 aliphatic carbocycles. The Morgan fingerprint density at radius 2 is 1.79 bits per heavy atom. The molecule has 1 amide bonds. The lowest BCUT2D eigenvalue weighted by atomic mass is 9.52. The molecule has 0 spiro atoms. The van der Waals surface area contributed by atoms with Crippen molar-refractivity contribution in [2.24, 2.45) is 24.8 Å². The topological polar surface area (TPSA) is 51.0 Å². The Bertz CT molecular complexity index is 861. The Balaban J connectivity index is 1.40. The molecule has 4 bridgehead atoms. The average molecular weight is 431 g/mol. The zero-order chi connectivity index (χ0) is 20.0. The number of hydrogen-bond donors (Lipinski definition) is 0. The van der Waals surface area contributed by atoms with E-state index in [0.717, 1.165) is 33.5 Å². The maximum Gasteiger partial charge on any atom is 0.233 e. The SMILES string of the molecule is Cn1cnnc1SCC(=O)N(Cc1ccc(Cl)cc1)C12CC3CC(CC(C3)C1)C2. The van der Waals surface area contributed by atoms with E-state index in [1.165, 1.54) is 50.3 Å². The monoisotopic (exact) mass is 430 g/mol. The minimum Gasteiger partial charge on any atom is -0.332 e. The van der Waals surface area contributed by atoms with Gasteiger partial charge in [0.25, 0.3) is 0 Å². The first-order valence-electron chi connectivity index (χ1n) is 10.5. The van der Waals surface area contributed by atoms with E-state index < -0.39 is 0 Å². The van der Waals surface area contributed by atoms with Crippen LogP contribution in [-0.4, -0.2) is 36.9 Å². The largest absolute Gasteiger partial charge is 0.332 e. The number of carbonyl (C=O) groups is 1. The number of aryl methyl sites for hydroxylation is 1. The van der Waals surface area contributed by atoms with Crippen molar-refractivity contribution in [3.63, 3.8) is 0 Å². The summed E-state index contributed by atoms with van der Waals surface area (Å²) < 4.78 is 1.87. The highest BCUT2D eigenvalue weighted by atomic mass is 35.5. The minimum absolute atomic E-state index is 0.0336. The van der Waals surface area contributed by atoms with Crippen molar-refractivity contribution in [2.75, 3.05) is 5.75 Å². The van der Waals surface area contributed by atoms with Gasteiger partial charge in [-0.15, -0.1) is 10.2 Å². The van der Waals surface area contributed by atoms with Gasteiger partial charge in [-0.1, -0.05) is 35.5 Å². The number of carbonyl (C=O) groups excluding carboxylic acids is 1. The van der Waals surface area contributed by atoms with Gasteiger partial charge in [-0.25, -0.2) is 0 Å². The summed E-state index contributed by atoms with van der Waals surface area (Å²) in [7, 11) is 1.91. The maximum atomic E-state index is 13.6. The van der Waals surface area contributed by atoms with Crippen molar-refractivity contribution in [2.45, 2.75) is 55.8 Å². The zero-order valence-corrected chi connectivity index (χ0v) is 18.3. The zero-order valence-electron chi connectivity index (χ0n) is 16.8. The third-order valence-electron chi connectivity index (χ3n) is 7.13. The first-order valence-corrected chi connectivity index (χ1v) is 11.9. The fourth-order valence-electron chi connectivity index (χ4n) is 6.30. The van der Waals surface area contributed by atoms with Crippen LogP contribution in [-0.2, 0) is 18.4 Å². The van der Waals surface area contributed by atoms with Crippen LogP contribution in [0.1, 0.15) is 44.1 Å². The molecular formula is C22H27ClN4OS. The number of rotatable bonds is 6. The highest BCUT2D eigenvalue weighted by Crippen LogP contribution is 2.58. The molecule has 0 saturated heterocycles. The summed E-state index contributed by atoms with van der Waals surface area (Å²) in [5.41, 5.74) is 1.19. The Morgan fingerprint density at radius 3 is 2.34 bits per heavy atom. The number of aromatic nitrogens is 3. The smallest absolute Gasteiger partial charge is 0.233 e. The lowest BCUT2D eigenvalue weighted by molar-refractivity contribution is -0.149. The molecule has 0 unspecified atom stereocenters. The molecule has 1 aromatic carbocycles. The number of thioether (sulfide) groups is 1. The molecular weight excluding hydrogens is 404 g/mol. The number of amides is 1. The van der Waals surface area contributed by atoms with Crippen LogP contribution in [0.15, 0.2) is 35.7 Å². The van der Waals surface area contributed by atoms with Crippen LogP contribution < -0.4 is 0 Å². The fourth-order valence-corrected chi connectivity index (χ4v) is 7.19. The molecule has 4 saturated carbocycles. The maximum absolute atomic E-state index is 13.6. The van der Waals surface area contributed by atoms with E-state index >= 15 is 0 Å². The van der Waals surface area contributed by atoms with Crippen LogP contribution in [0.25, 0.3) is 0 Å². The second-order valence-electron chi connectivity index (χ2n) is 9.26. The van der Waals surface area contributed by atoms with Crippen molar-refractivity contribution >= 4 is 29.3 Å². The van der Waals surface area contributed by atoms with Crippen molar-refractivity contribution < 1.29 is 4.79 Å². The molecule has 29 heavy (non-hydrogen) atoms. The molecule has 154 valence electrons. The van der Waals surface area contributed by atoms with Crippen LogP contribution in [0.4, 0.5) is 0 Å². The van der Waals surface area contributed by atoms with Gasteiger partial charge < -0.3 is 9.47 Å². The van der Waals surface area contributed by atoms with Gasteiger partial charge in [-0.05, 0) is 74.0 Å². The van der Waals surface area contributed by atoms with Gasteiger partial charge in [0.2, 0.25) is 5.91 Å². The molecule has 5 nitrogen and oxygen atoms in total. The van der Waals surface area contributed by atoms with Crippen LogP contribution in [0, 0.1) is 17.8 Å². The van der Waals surface area contributed by atoms with Crippen LogP contribution in [0.5, 0.6) is 0 Å². The molecule has 6 rings (SSSR count). The molecule has 1 aromatic heterocycles. The summed E-state index contributed by atoms with van der Waals surface area (Å²) in [6.07, 6.45) is 9.31. The fraction of sp³-hybridized carbons (Fsp3) is 0.591. The first-order chi connectivity index (χ1) is 14.0. The third kappa shape index (κ3) is 3.81. The van der Waals surface area contributed by atoms with E-state index in [1.807, 2.05) is 23.7 Å². The number of nitrogens with zero attached hydrogens (tertiary/aromatic N) is 4. The number of halogens is 1. The first kappa shape index (κ1) is 19.4. The number of hydrogen-bond acceptors (Lipinski definition) is 4. The molecule has 0 radical (unpaired) electrons. The van der Waals surface area contributed by atoms with E-state index in [2.05, 4.69) is 27.2 Å². The Labute approximate surface area is 181 Å². The van der Waals surface area contributed by atoms with Crippen LogP contribution in [0.3, 0.4) is 0 Å². The predicted molar refractivity (Wildman–Crippen MR) is 115 cm³/mol. The summed E-state index contributed by atoms with van der Waals surface area (Å²) in [6, 6.07) is 7.96. The molecule has 2 aromatic rings. The van der Waals surface area contributed by atoms with Gasteiger partial charge in [-0.3, -0.25) is 4.79 Å². The van der Waals surface area contributed by atoms with E-state index in [9.17, 15) is 4.79 Å². The highest BCUT2D eigenvalue weighted by Gasteiger charge is 2.54. The molecule has 0 N–H and O–H groups in total. The molecule has 1 heterocycles. The van der Waals surface area contributed by atoms with Crippen molar-refractivity contribution in [1.29, 1.82) is 0 Å². The lowest BCUT2D eigenvalue weighted by Crippen LogP contribution is -2.61. The van der Waals surface area contributed by atoms with E-state index in [4.69, 9.17) is 11.6 Å². The van der Waals surface area contributed by atoms with E-state index in [1.54, 1.807) is 6.33 Å². The molecule has 0 atom stereocenters. The van der Waals surface area contributed by atoms with E-state index in [-0.39, 0.29) is 11.4 Å². The van der Waals surface area contributed by atoms with Gasteiger partial charge in [0.15, 0.2) is 5.16 Å². The van der Waals surface area contributed by atoms with Gasteiger partial charge in [0.1, 0.15) is 6.33 Å². The van der Waals surface area contributed by atoms with Gasteiger partial charge in [0.05, 0.1) is 5.75 Å². The summed E-state index contributed by atoms with van der Waals surface area (Å²) in [4.78, 5) is 15.8. The van der Waals surface area contributed by atoms with Gasteiger partial charge >= 0.3 is 0 Å². The summed E-state index contributed by atoms with van der Waals surface area (Å²) in [6.45, 7) is 0.668. The third-order valence-corrected chi connectivity index (χ3v) is 8.40. The van der Waals surface area contributed by atoms with Crippen molar-refractivity contribution in [3.05, 3.63) is 41.2 Å². The summed E-state index contributed by atoms with van der Waals surface area (Å²) >= 11 is 7.57. The summed E-state index contributed by atoms with van der Waals surface area (Å²) in [5.74, 6) is 3.02. The van der Waals surface area contributed by atoms with Gasteiger partial charge in [-0.2, -0.15) is 0 Å². The Kier molecular flexibility index (Phi) is 5.11. The average Bonchev–Trinajstić information content (AvgIpc) is 3.09. The van der Waals surface area contributed by atoms with Gasteiger partial charge in [0, 0.05) is 24.2 Å². The molecule has 7 heteroatoms. The van der Waals surface area contributed by atoms with Crippen LogP contribution >= 0.6 is 23.4 Å². The second-order valence-corrected chi connectivity index (χ2v) is 10.6. The highest BCUT2D eigenvalue weighted by molar-refractivity contribution is 7.99. The standard InChI is InChI=1S/C22H27ClN4OS/c1-26-14-24-25-21(26)29-13-20(28)27(12-15-2-4-19(23)5-3-15)22-9-16-6-17(10-22)8-18(7-16)11-22/h2-5,14,16-18H,6-13H2,1H3. The quantitative estimate of drug-likeness (QED) is 0.630. The summed E-state index contributed by atoms with van der Waals surface area (Å²) in [5, 5.41) is 9.58.